The zero-order valence-corrected chi connectivity index (χ0v) is 13.9. The first-order valence-electron chi connectivity index (χ1n) is 8.80. The van der Waals surface area contributed by atoms with Gasteiger partial charge in [-0.25, -0.2) is 0 Å². The van der Waals surface area contributed by atoms with E-state index in [1.54, 1.807) is 0 Å². The Kier molecular flexibility index (Phi) is 4.30. The van der Waals surface area contributed by atoms with Gasteiger partial charge in [-0.3, -0.25) is 9.78 Å². The number of aromatic nitrogens is 1. The summed E-state index contributed by atoms with van der Waals surface area (Å²) in [6, 6.07) is 10.3. The highest BCUT2D eigenvalue weighted by molar-refractivity contribution is 5.94. The smallest absolute Gasteiger partial charge is 0.253 e. The molecule has 4 rings (SSSR count). The summed E-state index contributed by atoms with van der Waals surface area (Å²) in [5.74, 6) is 0.840. The van der Waals surface area contributed by atoms with E-state index in [0.717, 1.165) is 51.0 Å². The van der Waals surface area contributed by atoms with Gasteiger partial charge in [0.25, 0.3) is 5.91 Å². The molecule has 1 aromatic heterocycles. The molecule has 1 aromatic carbocycles. The zero-order valence-electron chi connectivity index (χ0n) is 13.9. The Balaban J connectivity index is 1.36. The maximum atomic E-state index is 12.8. The molecule has 0 unspecified atom stereocenters. The van der Waals surface area contributed by atoms with Gasteiger partial charge in [-0.2, -0.15) is 0 Å². The van der Waals surface area contributed by atoms with E-state index in [4.69, 9.17) is 0 Å². The average Bonchev–Trinajstić information content (AvgIpc) is 3.10. The molecule has 24 heavy (non-hydrogen) atoms. The summed E-state index contributed by atoms with van der Waals surface area (Å²) in [7, 11) is 0. The maximum Gasteiger partial charge on any atom is 0.253 e. The minimum atomic E-state index is 0.185. The fourth-order valence-corrected chi connectivity index (χ4v) is 3.80. The van der Waals surface area contributed by atoms with Gasteiger partial charge >= 0.3 is 0 Å². The molecule has 0 bridgehead atoms. The molecule has 2 aromatic rings. The second-order valence-electron chi connectivity index (χ2n) is 6.89. The molecule has 2 aliphatic heterocycles. The Morgan fingerprint density at radius 1 is 1.17 bits per heavy atom. The van der Waals surface area contributed by atoms with Crippen LogP contribution in [0.15, 0.2) is 42.7 Å². The fraction of sp³-hybridized carbons (Fsp3) is 0.400. The van der Waals surface area contributed by atoms with Gasteiger partial charge in [0.05, 0.1) is 0 Å². The molecule has 124 valence electrons. The number of hydrogen-bond acceptors (Lipinski definition) is 3. The monoisotopic (exact) mass is 321 g/mol. The van der Waals surface area contributed by atoms with Crippen LogP contribution < -0.4 is 5.32 Å². The number of likely N-dealkylation sites (tertiary alicyclic amines) is 1. The van der Waals surface area contributed by atoms with E-state index in [0.29, 0.717) is 5.92 Å². The van der Waals surface area contributed by atoms with Gasteiger partial charge in [0.2, 0.25) is 0 Å². The number of pyridine rings is 1. The molecular weight excluding hydrogens is 298 g/mol. The lowest BCUT2D eigenvalue weighted by atomic mass is 9.90. The Bertz CT molecular complexity index is 721. The third-order valence-corrected chi connectivity index (χ3v) is 5.23. The molecule has 0 radical (unpaired) electrons. The maximum absolute atomic E-state index is 12.8. The van der Waals surface area contributed by atoms with Gasteiger partial charge < -0.3 is 10.2 Å². The van der Waals surface area contributed by atoms with Gasteiger partial charge in [-0.15, -0.1) is 0 Å². The van der Waals surface area contributed by atoms with Crippen molar-refractivity contribution >= 4 is 5.91 Å². The number of benzene rings is 1. The first kappa shape index (κ1) is 15.3. The van der Waals surface area contributed by atoms with Crippen molar-refractivity contribution in [2.45, 2.75) is 32.4 Å². The van der Waals surface area contributed by atoms with Crippen LogP contribution in [0.1, 0.15) is 39.9 Å². The van der Waals surface area contributed by atoms with Gasteiger partial charge in [-0.1, -0.05) is 12.1 Å². The number of nitrogens with zero attached hydrogens (tertiary/aromatic N) is 2. The summed E-state index contributed by atoms with van der Waals surface area (Å²) in [6.07, 6.45) is 6.99. The Hall–Kier alpha value is -2.20. The highest BCUT2D eigenvalue weighted by atomic mass is 16.2. The molecular formula is C20H23N3O. The number of amides is 1. The van der Waals surface area contributed by atoms with Crippen LogP contribution >= 0.6 is 0 Å². The highest BCUT2D eigenvalue weighted by Gasteiger charge is 2.24. The van der Waals surface area contributed by atoms with Crippen molar-refractivity contribution in [1.29, 1.82) is 0 Å². The fourth-order valence-electron chi connectivity index (χ4n) is 3.80. The van der Waals surface area contributed by atoms with Crippen LogP contribution in [0.25, 0.3) is 0 Å². The molecule has 0 aliphatic carbocycles. The summed E-state index contributed by atoms with van der Waals surface area (Å²) in [5, 5.41) is 3.33. The third-order valence-electron chi connectivity index (χ3n) is 5.23. The first-order valence-corrected chi connectivity index (χ1v) is 8.80. The molecule has 4 heteroatoms. The molecule has 1 fully saturated rings. The second kappa shape index (κ2) is 6.73. The number of fused-ring (bicyclic) bond motifs is 1. The number of piperidine rings is 1. The number of carbonyl (C=O) groups is 1. The van der Waals surface area contributed by atoms with E-state index in [2.05, 4.69) is 28.5 Å². The molecule has 0 saturated carbocycles. The van der Waals surface area contributed by atoms with Gasteiger partial charge in [-0.05, 0) is 60.1 Å². The van der Waals surface area contributed by atoms with Crippen LogP contribution in [-0.4, -0.2) is 28.9 Å². The Morgan fingerprint density at radius 3 is 2.79 bits per heavy atom. The topological polar surface area (TPSA) is 45.2 Å². The molecule has 4 nitrogen and oxygen atoms in total. The lowest BCUT2D eigenvalue weighted by Gasteiger charge is -2.32. The van der Waals surface area contributed by atoms with Crippen molar-refractivity contribution < 1.29 is 4.79 Å². The van der Waals surface area contributed by atoms with E-state index < -0.39 is 0 Å². The number of carbonyl (C=O) groups excluding carboxylic acids is 1. The highest BCUT2D eigenvalue weighted by Crippen LogP contribution is 2.24. The quantitative estimate of drug-likeness (QED) is 0.945. The van der Waals surface area contributed by atoms with Gasteiger partial charge in [0.1, 0.15) is 0 Å². The Morgan fingerprint density at radius 2 is 2.00 bits per heavy atom. The summed E-state index contributed by atoms with van der Waals surface area (Å²) in [5.41, 5.74) is 4.73. The molecule has 1 N–H and O–H groups in total. The van der Waals surface area contributed by atoms with Crippen molar-refractivity contribution in [3.63, 3.8) is 0 Å². The lowest BCUT2D eigenvalue weighted by molar-refractivity contribution is 0.0690. The summed E-state index contributed by atoms with van der Waals surface area (Å²) >= 11 is 0. The minimum Gasteiger partial charge on any atom is -0.339 e. The minimum absolute atomic E-state index is 0.185. The number of rotatable bonds is 3. The molecule has 0 atom stereocenters. The van der Waals surface area contributed by atoms with Crippen molar-refractivity contribution in [1.82, 2.24) is 15.2 Å². The molecule has 1 amide bonds. The van der Waals surface area contributed by atoms with Crippen LogP contribution in [0.3, 0.4) is 0 Å². The van der Waals surface area contributed by atoms with Crippen LogP contribution in [0.5, 0.6) is 0 Å². The van der Waals surface area contributed by atoms with E-state index >= 15 is 0 Å². The predicted molar refractivity (Wildman–Crippen MR) is 93.6 cm³/mol. The standard InChI is InChI=1S/C20H23N3O/c24-20(17-3-4-18-13-22-14-19(18)11-17)23-8-5-15(6-9-23)10-16-2-1-7-21-12-16/h1-4,7,11-12,15,22H,5-6,8-10,13-14H2. The first-order chi connectivity index (χ1) is 11.8. The zero-order chi connectivity index (χ0) is 16.4. The summed E-state index contributed by atoms with van der Waals surface area (Å²) < 4.78 is 0. The number of nitrogens with one attached hydrogen (secondary N) is 1. The average molecular weight is 321 g/mol. The third kappa shape index (κ3) is 3.20. The van der Waals surface area contributed by atoms with Crippen LogP contribution in [0, 0.1) is 5.92 Å². The van der Waals surface area contributed by atoms with Crippen LogP contribution in [0.4, 0.5) is 0 Å². The van der Waals surface area contributed by atoms with Crippen LogP contribution in [0.2, 0.25) is 0 Å². The van der Waals surface area contributed by atoms with Crippen molar-refractivity contribution in [2.75, 3.05) is 13.1 Å². The second-order valence-corrected chi connectivity index (χ2v) is 6.89. The van der Waals surface area contributed by atoms with Crippen molar-refractivity contribution in [2.24, 2.45) is 5.92 Å². The van der Waals surface area contributed by atoms with Crippen LogP contribution in [-0.2, 0) is 19.5 Å². The van der Waals surface area contributed by atoms with E-state index in [1.807, 2.05) is 29.4 Å². The van der Waals surface area contributed by atoms with E-state index in [-0.39, 0.29) is 5.91 Å². The lowest BCUT2D eigenvalue weighted by Crippen LogP contribution is -2.39. The van der Waals surface area contributed by atoms with Gasteiger partial charge in [0, 0.05) is 44.1 Å². The van der Waals surface area contributed by atoms with Crippen molar-refractivity contribution in [3.05, 3.63) is 65.0 Å². The molecule has 2 aliphatic rings. The molecule has 3 heterocycles. The largest absolute Gasteiger partial charge is 0.339 e. The SMILES string of the molecule is O=C(c1ccc2c(c1)CNC2)N1CCC(Cc2cccnc2)CC1. The Labute approximate surface area is 142 Å². The molecule has 1 saturated heterocycles. The normalized spacial score (nSPS) is 17.8. The summed E-state index contributed by atoms with van der Waals surface area (Å²) in [4.78, 5) is 19.0. The van der Waals surface area contributed by atoms with Crippen molar-refractivity contribution in [3.8, 4) is 0 Å². The molecule has 0 spiro atoms. The summed E-state index contributed by atoms with van der Waals surface area (Å²) in [6.45, 7) is 3.52. The van der Waals surface area contributed by atoms with Gasteiger partial charge in [0.15, 0.2) is 0 Å². The van der Waals surface area contributed by atoms with E-state index in [9.17, 15) is 4.79 Å². The van der Waals surface area contributed by atoms with E-state index in [1.165, 1.54) is 16.7 Å². The predicted octanol–water partition coefficient (Wildman–Crippen LogP) is 2.78. The number of hydrogen-bond donors (Lipinski definition) is 1.